The fraction of sp³-hybridized carbons (Fsp3) is 0.680. The number of rotatable bonds is 4. The van der Waals surface area contributed by atoms with Gasteiger partial charge in [0.2, 0.25) is 0 Å². The fourth-order valence-electron chi connectivity index (χ4n) is 5.50. The first kappa shape index (κ1) is 26.6. The molecule has 0 aromatic carbocycles. The second-order valence-corrected chi connectivity index (χ2v) is 11.5. The molecule has 2 aromatic rings. The maximum Gasteiger partial charge on any atom is 0.321 e. The van der Waals surface area contributed by atoms with Gasteiger partial charge in [0, 0.05) is 56.4 Å². The van der Waals surface area contributed by atoms with Gasteiger partial charge in [0.1, 0.15) is 5.69 Å². The zero-order valence-electron chi connectivity index (χ0n) is 21.0. The van der Waals surface area contributed by atoms with Crippen molar-refractivity contribution >= 4 is 29.1 Å². The molecular weight excluding hydrogens is 478 g/mol. The van der Waals surface area contributed by atoms with Crippen LogP contribution in [0.2, 0.25) is 0 Å². The molecule has 198 valence electrons. The highest BCUT2D eigenvalue weighted by Crippen LogP contribution is 2.41. The number of hydrogen-bond donors (Lipinski definition) is 2. The molecule has 2 saturated heterocycles. The van der Waals surface area contributed by atoms with Gasteiger partial charge in [-0.2, -0.15) is 5.10 Å². The van der Waals surface area contributed by atoms with Gasteiger partial charge >= 0.3 is 6.03 Å². The zero-order valence-corrected chi connectivity index (χ0v) is 21.8. The summed E-state index contributed by atoms with van der Waals surface area (Å²) in [5.41, 5.74) is 1.54. The van der Waals surface area contributed by atoms with Gasteiger partial charge in [0.25, 0.3) is 5.91 Å². The number of fused-ring (bicyclic) bond motifs is 1. The van der Waals surface area contributed by atoms with Gasteiger partial charge in [0.15, 0.2) is 5.82 Å². The quantitative estimate of drug-likeness (QED) is 0.641. The number of piperazine rings is 1. The Morgan fingerprint density at radius 2 is 2.03 bits per heavy atom. The number of H-pyrrole nitrogens is 1. The Kier molecular flexibility index (Phi) is 7.72. The maximum absolute atomic E-state index is 13.7. The molecule has 36 heavy (non-hydrogen) atoms. The van der Waals surface area contributed by atoms with Gasteiger partial charge in [0.05, 0.1) is 22.8 Å². The van der Waals surface area contributed by atoms with E-state index >= 15 is 0 Å². The largest absolute Gasteiger partial charge is 0.381 e. The van der Waals surface area contributed by atoms with Crippen molar-refractivity contribution in [3.8, 4) is 0 Å². The molecule has 5 heterocycles. The standard InChI is InChI=1S/C24H35N7O3S.CH4/c1-15-11-29(12-17-5-9-34-10-6-17)7-8-30(15)23(33)31-13-18-20(24(31,3)4)27-28-21(18)26-22(32)19-14-35-16(2)25-19;/h14-15,17H,5-13H2,1-4H3,(H2,26,27,28,32);1H4/t15-;/m0./s1. The molecular formula is C25H39N7O3S. The Hall–Kier alpha value is -2.50. The van der Waals surface area contributed by atoms with Crippen LogP contribution in [0.3, 0.4) is 0 Å². The number of urea groups is 1. The van der Waals surface area contributed by atoms with Crippen LogP contribution in [0.4, 0.5) is 10.6 Å². The van der Waals surface area contributed by atoms with Gasteiger partial charge < -0.3 is 19.9 Å². The summed E-state index contributed by atoms with van der Waals surface area (Å²) in [7, 11) is 0. The van der Waals surface area contributed by atoms with Crippen LogP contribution in [0.25, 0.3) is 0 Å². The van der Waals surface area contributed by atoms with E-state index in [9.17, 15) is 9.59 Å². The summed E-state index contributed by atoms with van der Waals surface area (Å²) in [6.07, 6.45) is 2.25. The number of carbonyl (C=O) groups is 2. The molecule has 10 nitrogen and oxygen atoms in total. The summed E-state index contributed by atoms with van der Waals surface area (Å²) in [4.78, 5) is 37.0. The molecule has 0 spiro atoms. The van der Waals surface area contributed by atoms with E-state index in [-0.39, 0.29) is 25.4 Å². The lowest BCUT2D eigenvalue weighted by atomic mass is 9.99. The number of amides is 3. The summed E-state index contributed by atoms with van der Waals surface area (Å²) in [6.45, 7) is 13.8. The summed E-state index contributed by atoms with van der Waals surface area (Å²) in [5.74, 6) is 0.865. The smallest absolute Gasteiger partial charge is 0.321 e. The predicted octanol–water partition coefficient (Wildman–Crippen LogP) is 3.67. The number of hydrogen-bond acceptors (Lipinski definition) is 7. The Morgan fingerprint density at radius 3 is 2.69 bits per heavy atom. The topological polar surface area (TPSA) is 107 Å². The Bertz CT molecular complexity index is 1090. The average Bonchev–Trinajstić information content (AvgIpc) is 3.50. The summed E-state index contributed by atoms with van der Waals surface area (Å²) in [5, 5.41) is 12.9. The molecule has 0 bridgehead atoms. The molecule has 11 heteroatoms. The number of aryl methyl sites for hydroxylation is 1. The van der Waals surface area contributed by atoms with E-state index < -0.39 is 5.54 Å². The third-order valence-corrected chi connectivity index (χ3v) is 8.37. The normalized spacial score (nSPS) is 22.3. The number of thiazole rings is 1. The van der Waals surface area contributed by atoms with Gasteiger partial charge in [-0.05, 0) is 46.5 Å². The van der Waals surface area contributed by atoms with E-state index in [1.54, 1.807) is 5.38 Å². The van der Waals surface area contributed by atoms with Gasteiger partial charge in [-0.25, -0.2) is 9.78 Å². The predicted molar refractivity (Wildman–Crippen MR) is 140 cm³/mol. The second-order valence-electron chi connectivity index (χ2n) is 10.4. The molecule has 2 N–H and O–H groups in total. The van der Waals surface area contributed by atoms with Crippen molar-refractivity contribution in [1.29, 1.82) is 0 Å². The lowest BCUT2D eigenvalue weighted by Gasteiger charge is -2.44. The summed E-state index contributed by atoms with van der Waals surface area (Å²) >= 11 is 1.43. The van der Waals surface area contributed by atoms with Crippen molar-refractivity contribution in [2.75, 3.05) is 44.7 Å². The molecule has 1 atom stereocenters. The molecule has 3 aliphatic rings. The Balaban J connectivity index is 0.00000304. The monoisotopic (exact) mass is 517 g/mol. The first-order chi connectivity index (χ1) is 16.7. The number of ether oxygens (including phenoxy) is 1. The van der Waals surface area contributed by atoms with E-state index in [4.69, 9.17) is 4.74 Å². The van der Waals surface area contributed by atoms with Crippen molar-refractivity contribution in [3.63, 3.8) is 0 Å². The van der Waals surface area contributed by atoms with Crippen molar-refractivity contribution < 1.29 is 14.3 Å². The highest BCUT2D eigenvalue weighted by atomic mass is 32.1. The third kappa shape index (κ3) is 5.01. The number of aromatic nitrogens is 3. The molecule has 0 unspecified atom stereocenters. The van der Waals surface area contributed by atoms with E-state index in [0.717, 1.165) is 68.5 Å². The van der Waals surface area contributed by atoms with E-state index in [2.05, 4.69) is 32.3 Å². The van der Waals surface area contributed by atoms with Crippen LogP contribution in [0.5, 0.6) is 0 Å². The van der Waals surface area contributed by atoms with Gasteiger partial charge in [-0.3, -0.25) is 14.8 Å². The van der Waals surface area contributed by atoms with E-state index in [1.165, 1.54) is 11.3 Å². The molecule has 0 aliphatic carbocycles. The van der Waals surface area contributed by atoms with Crippen LogP contribution in [0.15, 0.2) is 5.38 Å². The highest BCUT2D eigenvalue weighted by Gasteiger charge is 2.46. The van der Waals surface area contributed by atoms with Crippen molar-refractivity contribution in [2.24, 2.45) is 5.92 Å². The maximum atomic E-state index is 13.7. The minimum atomic E-state index is -0.557. The van der Waals surface area contributed by atoms with Crippen LogP contribution >= 0.6 is 11.3 Å². The van der Waals surface area contributed by atoms with E-state index in [1.807, 2.05) is 30.6 Å². The Morgan fingerprint density at radius 1 is 1.28 bits per heavy atom. The minimum Gasteiger partial charge on any atom is -0.381 e. The first-order valence-corrected chi connectivity index (χ1v) is 13.3. The van der Waals surface area contributed by atoms with Crippen LogP contribution < -0.4 is 5.32 Å². The number of aromatic amines is 1. The van der Waals surface area contributed by atoms with Crippen molar-refractivity contribution in [3.05, 3.63) is 27.3 Å². The summed E-state index contributed by atoms with van der Waals surface area (Å²) in [6, 6.07) is 0.168. The molecule has 2 fully saturated rings. The molecule has 0 radical (unpaired) electrons. The van der Waals surface area contributed by atoms with Gasteiger partial charge in [-0.1, -0.05) is 7.43 Å². The number of anilines is 1. The van der Waals surface area contributed by atoms with Crippen LogP contribution in [0, 0.1) is 12.8 Å². The highest BCUT2D eigenvalue weighted by molar-refractivity contribution is 7.09. The van der Waals surface area contributed by atoms with Crippen LogP contribution in [-0.2, 0) is 16.8 Å². The molecule has 2 aromatic heterocycles. The van der Waals surface area contributed by atoms with Crippen LogP contribution in [0.1, 0.15) is 67.8 Å². The zero-order chi connectivity index (χ0) is 24.7. The average molecular weight is 518 g/mol. The SMILES string of the molecule is C.Cc1nc(C(=O)Nc2n[nH]c3c2CN(C(=O)N2CCN(CC4CCOCC4)C[C@@H]2C)C3(C)C)cs1. The minimum absolute atomic E-state index is 0. The lowest BCUT2D eigenvalue weighted by Crippen LogP contribution is -2.59. The molecule has 0 saturated carbocycles. The van der Waals surface area contributed by atoms with Crippen molar-refractivity contribution in [1.82, 2.24) is 29.9 Å². The summed E-state index contributed by atoms with van der Waals surface area (Å²) < 4.78 is 5.50. The van der Waals surface area contributed by atoms with E-state index in [0.29, 0.717) is 24.0 Å². The number of nitrogens with one attached hydrogen (secondary N) is 2. The lowest BCUT2D eigenvalue weighted by molar-refractivity contribution is 0.0290. The molecule has 5 rings (SSSR count). The second kappa shape index (κ2) is 10.5. The van der Waals surface area contributed by atoms with Gasteiger partial charge in [-0.15, -0.1) is 11.3 Å². The Labute approximate surface area is 217 Å². The number of carbonyl (C=O) groups excluding carboxylic acids is 2. The van der Waals surface area contributed by atoms with Crippen molar-refractivity contribution in [2.45, 2.75) is 66.1 Å². The fourth-order valence-corrected chi connectivity index (χ4v) is 6.09. The van der Waals surface area contributed by atoms with Crippen LogP contribution in [-0.4, -0.2) is 87.3 Å². The first-order valence-electron chi connectivity index (χ1n) is 12.4. The molecule has 3 amide bonds. The third-order valence-electron chi connectivity index (χ3n) is 7.60. The molecule has 3 aliphatic heterocycles. The number of nitrogens with zero attached hydrogens (tertiary/aromatic N) is 5.